The van der Waals surface area contributed by atoms with Gasteiger partial charge in [0.1, 0.15) is 5.82 Å². The number of amides is 2. The normalized spacial score (nSPS) is 15.8. The summed E-state index contributed by atoms with van der Waals surface area (Å²) in [5.41, 5.74) is 5.79. The van der Waals surface area contributed by atoms with Crippen molar-refractivity contribution in [1.82, 2.24) is 14.8 Å². The molecular formula is C27H27N5O2. The fourth-order valence-corrected chi connectivity index (χ4v) is 4.50. The maximum absolute atomic E-state index is 13.2. The zero-order valence-electron chi connectivity index (χ0n) is 19.8. The second kappa shape index (κ2) is 8.41. The molecule has 0 radical (unpaired) electrons. The van der Waals surface area contributed by atoms with Crippen LogP contribution in [0.2, 0.25) is 0 Å². The fraction of sp³-hybridized carbons (Fsp3) is 0.259. The van der Waals surface area contributed by atoms with Crippen molar-refractivity contribution in [3.8, 4) is 5.82 Å². The van der Waals surface area contributed by atoms with Crippen LogP contribution in [0.25, 0.3) is 16.7 Å². The molecule has 0 saturated carbocycles. The van der Waals surface area contributed by atoms with Crippen LogP contribution in [-0.4, -0.2) is 33.1 Å². The zero-order valence-corrected chi connectivity index (χ0v) is 19.8. The Bertz CT molecular complexity index is 1420. The first-order valence-electron chi connectivity index (χ1n) is 11.4. The number of rotatable bonds is 4. The number of hydrogen-bond acceptors (Lipinski definition) is 4. The van der Waals surface area contributed by atoms with Gasteiger partial charge in [0.05, 0.1) is 17.1 Å². The average Bonchev–Trinajstić information content (AvgIpc) is 3.37. The first-order chi connectivity index (χ1) is 16.3. The van der Waals surface area contributed by atoms with E-state index < -0.39 is 5.92 Å². The lowest BCUT2D eigenvalue weighted by molar-refractivity contribution is -0.122. The molecule has 0 bridgehead atoms. The zero-order chi connectivity index (χ0) is 24.0. The van der Waals surface area contributed by atoms with Gasteiger partial charge in [0, 0.05) is 30.1 Å². The van der Waals surface area contributed by atoms with E-state index in [1.807, 2.05) is 76.2 Å². The molecule has 0 spiro atoms. The summed E-state index contributed by atoms with van der Waals surface area (Å²) >= 11 is 0. The highest BCUT2D eigenvalue weighted by atomic mass is 16.2. The molecule has 7 heteroatoms. The van der Waals surface area contributed by atoms with Crippen molar-refractivity contribution in [2.45, 2.75) is 34.1 Å². The van der Waals surface area contributed by atoms with Crippen molar-refractivity contribution < 1.29 is 9.59 Å². The smallest absolute Gasteiger partial charge is 0.230 e. The van der Waals surface area contributed by atoms with Crippen LogP contribution in [0.5, 0.6) is 0 Å². The summed E-state index contributed by atoms with van der Waals surface area (Å²) in [6, 6.07) is 17.7. The Morgan fingerprint density at radius 1 is 1.00 bits per heavy atom. The number of nitrogens with zero attached hydrogens (tertiary/aromatic N) is 4. The van der Waals surface area contributed by atoms with Crippen LogP contribution in [-0.2, 0) is 9.59 Å². The number of carbonyl (C=O) groups is 2. The lowest BCUT2D eigenvalue weighted by atomic mass is 10.1. The van der Waals surface area contributed by atoms with Crippen LogP contribution in [0.15, 0.2) is 54.6 Å². The van der Waals surface area contributed by atoms with E-state index in [0.29, 0.717) is 18.2 Å². The first kappa shape index (κ1) is 21.8. The number of aromatic nitrogens is 3. The molecule has 1 aliphatic heterocycles. The first-order valence-corrected chi connectivity index (χ1v) is 11.4. The third-order valence-corrected chi connectivity index (χ3v) is 6.38. The molecule has 34 heavy (non-hydrogen) atoms. The van der Waals surface area contributed by atoms with Gasteiger partial charge in [-0.25, -0.2) is 4.98 Å². The lowest BCUT2D eigenvalue weighted by Gasteiger charge is -2.17. The molecule has 1 unspecified atom stereocenters. The predicted molar refractivity (Wildman–Crippen MR) is 133 cm³/mol. The van der Waals surface area contributed by atoms with Gasteiger partial charge in [-0.1, -0.05) is 35.9 Å². The number of para-hydroxylation sites is 1. The maximum atomic E-state index is 13.2. The van der Waals surface area contributed by atoms with E-state index in [1.165, 1.54) is 0 Å². The molecule has 1 aliphatic rings. The Kier molecular flexibility index (Phi) is 5.40. The van der Waals surface area contributed by atoms with Gasteiger partial charge in [-0.3, -0.25) is 9.59 Å². The summed E-state index contributed by atoms with van der Waals surface area (Å²) in [4.78, 5) is 32.3. The monoisotopic (exact) mass is 453 g/mol. The van der Waals surface area contributed by atoms with Crippen molar-refractivity contribution in [2.75, 3.05) is 16.8 Å². The minimum atomic E-state index is -0.439. The number of pyridine rings is 1. The van der Waals surface area contributed by atoms with Gasteiger partial charge < -0.3 is 10.2 Å². The van der Waals surface area contributed by atoms with Crippen molar-refractivity contribution in [2.24, 2.45) is 5.92 Å². The summed E-state index contributed by atoms with van der Waals surface area (Å²) in [6.45, 7) is 8.32. The highest BCUT2D eigenvalue weighted by molar-refractivity contribution is 6.03. The summed E-state index contributed by atoms with van der Waals surface area (Å²) in [7, 11) is 0. The molecule has 5 rings (SSSR count). The summed E-state index contributed by atoms with van der Waals surface area (Å²) in [5, 5.41) is 8.68. The molecule has 1 atom stereocenters. The van der Waals surface area contributed by atoms with E-state index in [4.69, 9.17) is 4.98 Å². The Morgan fingerprint density at radius 2 is 1.76 bits per heavy atom. The van der Waals surface area contributed by atoms with Crippen LogP contribution >= 0.6 is 0 Å². The molecule has 2 aromatic carbocycles. The Labute approximate surface area is 198 Å². The number of nitrogens with one attached hydrogen (secondary N) is 1. The van der Waals surface area contributed by atoms with E-state index in [1.54, 1.807) is 9.58 Å². The van der Waals surface area contributed by atoms with Crippen molar-refractivity contribution >= 4 is 34.2 Å². The van der Waals surface area contributed by atoms with Crippen LogP contribution in [0.1, 0.15) is 28.8 Å². The van der Waals surface area contributed by atoms with E-state index in [9.17, 15) is 9.59 Å². The molecule has 1 fully saturated rings. The summed E-state index contributed by atoms with van der Waals surface area (Å²) in [5.74, 6) is 0.509. The predicted octanol–water partition coefficient (Wildman–Crippen LogP) is 4.65. The molecule has 3 heterocycles. The van der Waals surface area contributed by atoms with Gasteiger partial charge in [0.25, 0.3) is 0 Å². The van der Waals surface area contributed by atoms with Crippen LogP contribution in [0.4, 0.5) is 11.5 Å². The number of hydrogen-bond donors (Lipinski definition) is 1. The molecule has 2 aromatic heterocycles. The van der Waals surface area contributed by atoms with E-state index >= 15 is 0 Å². The number of fused-ring (bicyclic) bond motifs is 1. The van der Waals surface area contributed by atoms with E-state index in [2.05, 4.69) is 16.5 Å². The number of aryl methyl sites for hydroxylation is 4. The third-order valence-electron chi connectivity index (χ3n) is 6.38. The minimum Gasteiger partial charge on any atom is -0.312 e. The van der Waals surface area contributed by atoms with Crippen LogP contribution in [0.3, 0.4) is 0 Å². The van der Waals surface area contributed by atoms with Gasteiger partial charge in [-0.15, -0.1) is 0 Å². The largest absolute Gasteiger partial charge is 0.312 e. The van der Waals surface area contributed by atoms with Gasteiger partial charge in [-0.05, 0) is 57.0 Å². The third kappa shape index (κ3) is 3.94. The Morgan fingerprint density at radius 3 is 2.53 bits per heavy atom. The minimum absolute atomic E-state index is 0.0454. The van der Waals surface area contributed by atoms with Crippen LogP contribution in [0, 0.1) is 33.6 Å². The molecular weight excluding hydrogens is 426 g/mol. The summed E-state index contributed by atoms with van der Waals surface area (Å²) in [6.07, 6.45) is 0.180. The van der Waals surface area contributed by atoms with Gasteiger partial charge in [-0.2, -0.15) is 9.78 Å². The van der Waals surface area contributed by atoms with Gasteiger partial charge >= 0.3 is 0 Å². The van der Waals surface area contributed by atoms with E-state index in [0.717, 1.165) is 39.0 Å². The highest BCUT2D eigenvalue weighted by Gasteiger charge is 2.35. The Hall–Kier alpha value is -4.00. The maximum Gasteiger partial charge on any atom is 0.230 e. The van der Waals surface area contributed by atoms with Gasteiger partial charge in [0.15, 0.2) is 5.82 Å². The van der Waals surface area contributed by atoms with Crippen LogP contribution < -0.4 is 10.2 Å². The standard InChI is InChI=1S/C27H27N5O2/c1-16-8-10-21(11-9-16)31-15-20(14-25(31)33)27(34)29-24-13-19(4)30-32(24)23-12-18(3)22-7-5-6-17(2)26(22)28-23/h5-13,20H,14-15H2,1-4H3,(H,29,34). The van der Waals surface area contributed by atoms with Crippen molar-refractivity contribution in [3.05, 3.63) is 77.0 Å². The average molecular weight is 454 g/mol. The van der Waals surface area contributed by atoms with Crippen molar-refractivity contribution in [3.63, 3.8) is 0 Å². The molecule has 2 amide bonds. The molecule has 1 N–H and O–H groups in total. The molecule has 7 nitrogen and oxygen atoms in total. The Balaban J connectivity index is 1.41. The second-order valence-electron chi connectivity index (χ2n) is 9.08. The molecule has 0 aliphatic carbocycles. The topological polar surface area (TPSA) is 80.1 Å². The highest BCUT2D eigenvalue weighted by Crippen LogP contribution is 2.28. The van der Waals surface area contributed by atoms with Gasteiger partial charge in [0.2, 0.25) is 11.8 Å². The molecule has 1 saturated heterocycles. The number of benzene rings is 2. The quantitative estimate of drug-likeness (QED) is 0.488. The lowest BCUT2D eigenvalue weighted by Crippen LogP contribution is -2.28. The SMILES string of the molecule is Cc1ccc(N2CC(C(=O)Nc3cc(C)nn3-c3cc(C)c4cccc(C)c4n3)CC2=O)cc1. The molecule has 4 aromatic rings. The van der Waals surface area contributed by atoms with E-state index in [-0.39, 0.29) is 18.2 Å². The number of anilines is 2. The second-order valence-corrected chi connectivity index (χ2v) is 9.08. The fourth-order valence-electron chi connectivity index (χ4n) is 4.50. The molecule has 172 valence electrons. The number of carbonyl (C=O) groups excluding carboxylic acids is 2. The van der Waals surface area contributed by atoms with Crippen molar-refractivity contribution in [1.29, 1.82) is 0 Å². The summed E-state index contributed by atoms with van der Waals surface area (Å²) < 4.78 is 1.67.